The quantitative estimate of drug-likeness (QED) is 0.592. The van der Waals surface area contributed by atoms with Gasteiger partial charge in [-0.2, -0.15) is 5.26 Å². The van der Waals surface area contributed by atoms with Gasteiger partial charge in [-0.3, -0.25) is 0 Å². The van der Waals surface area contributed by atoms with Crippen molar-refractivity contribution >= 4 is 8.32 Å². The van der Waals surface area contributed by atoms with E-state index in [4.69, 9.17) is 9.69 Å². The molecule has 0 fully saturated rings. The minimum atomic E-state index is -1.94. The summed E-state index contributed by atoms with van der Waals surface area (Å²) in [5.74, 6) is 0.898. The van der Waals surface area contributed by atoms with Crippen LogP contribution in [0.1, 0.15) is 43.6 Å². The van der Waals surface area contributed by atoms with Crippen molar-refractivity contribution in [3.8, 4) is 11.8 Å². The van der Waals surface area contributed by atoms with Gasteiger partial charge in [-0.15, -0.1) is 0 Å². The number of nitrogens with zero attached hydrogens (tertiary/aromatic N) is 1. The van der Waals surface area contributed by atoms with Gasteiger partial charge in [0.05, 0.1) is 6.07 Å². The molecule has 0 amide bonds. The second kappa shape index (κ2) is 7.43. The number of para-hydroxylation sites is 1. The Bertz CT molecular complexity index is 772. The number of aliphatic hydroxyl groups is 1. The maximum absolute atomic E-state index is 9.97. The highest BCUT2D eigenvalue weighted by Crippen LogP contribution is 2.38. The van der Waals surface area contributed by atoms with Crippen molar-refractivity contribution in [1.82, 2.24) is 0 Å². The molecule has 1 unspecified atom stereocenters. The molecule has 0 bridgehead atoms. The first kappa shape index (κ1) is 19.2. The molecule has 2 aromatic carbocycles. The van der Waals surface area contributed by atoms with E-state index in [0.29, 0.717) is 12.0 Å². The Morgan fingerprint density at radius 3 is 2.20 bits per heavy atom. The summed E-state index contributed by atoms with van der Waals surface area (Å²) >= 11 is 0. The molecular formula is C21H27NO2Si. The van der Waals surface area contributed by atoms with E-state index in [0.717, 1.165) is 16.9 Å². The topological polar surface area (TPSA) is 53.2 Å². The minimum absolute atomic E-state index is 0.120. The fourth-order valence-electron chi connectivity index (χ4n) is 2.41. The summed E-state index contributed by atoms with van der Waals surface area (Å²) in [7, 11) is -1.94. The average Bonchev–Trinajstić information content (AvgIpc) is 2.55. The number of hydrogen-bond acceptors (Lipinski definition) is 3. The van der Waals surface area contributed by atoms with Gasteiger partial charge in [0.25, 0.3) is 0 Å². The van der Waals surface area contributed by atoms with Crippen molar-refractivity contribution in [1.29, 1.82) is 5.26 Å². The fourth-order valence-corrected chi connectivity index (χ4v) is 3.47. The van der Waals surface area contributed by atoms with Crippen molar-refractivity contribution in [2.45, 2.75) is 51.4 Å². The van der Waals surface area contributed by atoms with Crippen LogP contribution in [0, 0.1) is 11.3 Å². The van der Waals surface area contributed by atoms with Crippen LogP contribution in [0.5, 0.6) is 5.75 Å². The predicted octanol–water partition coefficient (Wildman–Crippen LogP) is 5.22. The van der Waals surface area contributed by atoms with Crippen LogP contribution in [0.2, 0.25) is 18.1 Å². The van der Waals surface area contributed by atoms with E-state index in [2.05, 4.69) is 39.9 Å². The van der Waals surface area contributed by atoms with Gasteiger partial charge in [0.15, 0.2) is 6.10 Å². The molecular weight excluding hydrogens is 326 g/mol. The van der Waals surface area contributed by atoms with Gasteiger partial charge < -0.3 is 9.53 Å². The molecule has 132 valence electrons. The van der Waals surface area contributed by atoms with Crippen LogP contribution < -0.4 is 4.43 Å². The van der Waals surface area contributed by atoms with Crippen molar-refractivity contribution in [3.63, 3.8) is 0 Å². The first-order chi connectivity index (χ1) is 11.7. The highest BCUT2D eigenvalue weighted by atomic mass is 28.4. The van der Waals surface area contributed by atoms with Crippen LogP contribution in [-0.4, -0.2) is 13.4 Å². The normalized spacial score (nSPS) is 13.2. The molecule has 0 heterocycles. The summed E-state index contributed by atoms with van der Waals surface area (Å²) < 4.78 is 6.51. The van der Waals surface area contributed by atoms with Crippen molar-refractivity contribution < 1.29 is 9.53 Å². The molecule has 1 atom stereocenters. The number of rotatable bonds is 5. The molecule has 2 aromatic rings. The predicted molar refractivity (Wildman–Crippen MR) is 104 cm³/mol. The van der Waals surface area contributed by atoms with E-state index < -0.39 is 14.4 Å². The molecule has 0 spiro atoms. The van der Waals surface area contributed by atoms with E-state index in [9.17, 15) is 5.11 Å². The molecule has 0 aliphatic rings. The lowest BCUT2D eigenvalue weighted by molar-refractivity contribution is 0.235. The molecule has 3 nitrogen and oxygen atoms in total. The second-order valence-electron chi connectivity index (χ2n) is 7.88. The Kier molecular flexibility index (Phi) is 5.71. The average molecular weight is 354 g/mol. The van der Waals surface area contributed by atoms with Crippen LogP contribution in [0.4, 0.5) is 0 Å². The number of aliphatic hydroxyl groups excluding tert-OH is 1. The van der Waals surface area contributed by atoms with E-state index in [1.807, 2.05) is 42.5 Å². The zero-order valence-corrected chi connectivity index (χ0v) is 16.7. The van der Waals surface area contributed by atoms with E-state index in [1.165, 1.54) is 0 Å². The highest BCUT2D eigenvalue weighted by Gasteiger charge is 2.39. The minimum Gasteiger partial charge on any atom is -0.543 e. The lowest BCUT2D eigenvalue weighted by Gasteiger charge is -2.37. The zero-order chi connectivity index (χ0) is 18.7. The highest BCUT2D eigenvalue weighted by molar-refractivity contribution is 6.74. The number of benzene rings is 2. The van der Waals surface area contributed by atoms with Gasteiger partial charge >= 0.3 is 0 Å². The maximum Gasteiger partial charge on any atom is 0.250 e. The summed E-state index contributed by atoms with van der Waals surface area (Å²) in [4.78, 5) is 0. The Labute approximate surface area is 152 Å². The third-order valence-electron chi connectivity index (χ3n) is 5.00. The standard InChI is InChI=1S/C21H27NO2Si/c1-21(2,3)25(4,5)24-20-13-9-7-11-17(20)14-16-10-6-8-12-18(16)19(23)15-22/h6-13,19,23H,14H2,1-5H3. The van der Waals surface area contributed by atoms with Crippen molar-refractivity contribution in [2.75, 3.05) is 0 Å². The van der Waals surface area contributed by atoms with Crippen molar-refractivity contribution in [3.05, 3.63) is 65.2 Å². The first-order valence-corrected chi connectivity index (χ1v) is 11.5. The lowest BCUT2D eigenvalue weighted by Crippen LogP contribution is -2.44. The molecule has 0 radical (unpaired) electrons. The fraction of sp³-hybridized carbons (Fsp3) is 0.381. The van der Waals surface area contributed by atoms with Gasteiger partial charge in [0.1, 0.15) is 5.75 Å². The van der Waals surface area contributed by atoms with Crippen LogP contribution in [0.25, 0.3) is 0 Å². The van der Waals surface area contributed by atoms with Crippen LogP contribution in [-0.2, 0) is 6.42 Å². The van der Waals surface area contributed by atoms with Crippen LogP contribution >= 0.6 is 0 Å². The third kappa shape index (κ3) is 4.50. The summed E-state index contributed by atoms with van der Waals surface area (Å²) in [5, 5.41) is 19.1. The number of hydrogen-bond donors (Lipinski definition) is 1. The lowest BCUT2D eigenvalue weighted by atomic mass is 9.96. The van der Waals surface area contributed by atoms with Crippen LogP contribution in [0.15, 0.2) is 48.5 Å². The molecule has 0 aromatic heterocycles. The monoisotopic (exact) mass is 353 g/mol. The van der Waals surface area contributed by atoms with Crippen LogP contribution in [0.3, 0.4) is 0 Å². The molecule has 0 saturated heterocycles. The molecule has 0 saturated carbocycles. The summed E-state index contributed by atoms with van der Waals surface area (Å²) in [6.45, 7) is 11.1. The smallest absolute Gasteiger partial charge is 0.250 e. The molecule has 4 heteroatoms. The third-order valence-corrected chi connectivity index (χ3v) is 9.34. The molecule has 1 N–H and O–H groups in total. The summed E-state index contributed by atoms with van der Waals surface area (Å²) in [6.07, 6.45) is -0.482. The molecule has 0 aliphatic heterocycles. The summed E-state index contributed by atoms with van der Waals surface area (Å²) in [5.41, 5.74) is 2.68. The second-order valence-corrected chi connectivity index (χ2v) is 12.6. The van der Waals surface area contributed by atoms with Gasteiger partial charge in [0, 0.05) is 6.42 Å². The Balaban J connectivity index is 2.36. The Hall–Kier alpha value is -2.09. The van der Waals surface area contributed by atoms with Gasteiger partial charge in [-0.25, -0.2) is 0 Å². The maximum atomic E-state index is 9.97. The Morgan fingerprint density at radius 2 is 1.60 bits per heavy atom. The Morgan fingerprint density at radius 1 is 1.04 bits per heavy atom. The number of nitriles is 1. The van der Waals surface area contributed by atoms with Gasteiger partial charge in [-0.05, 0) is 40.9 Å². The summed E-state index contributed by atoms with van der Waals surface area (Å²) in [6, 6.07) is 17.5. The molecule has 2 rings (SSSR count). The zero-order valence-electron chi connectivity index (χ0n) is 15.7. The van der Waals surface area contributed by atoms with E-state index in [1.54, 1.807) is 6.07 Å². The first-order valence-electron chi connectivity index (χ1n) is 8.58. The molecule has 0 aliphatic carbocycles. The van der Waals surface area contributed by atoms with Gasteiger partial charge in [-0.1, -0.05) is 63.2 Å². The largest absolute Gasteiger partial charge is 0.543 e. The molecule has 25 heavy (non-hydrogen) atoms. The van der Waals surface area contributed by atoms with Crippen molar-refractivity contribution in [2.24, 2.45) is 0 Å². The van der Waals surface area contributed by atoms with Gasteiger partial charge in [0.2, 0.25) is 8.32 Å². The van der Waals surface area contributed by atoms with E-state index >= 15 is 0 Å². The SMILES string of the molecule is CC(C)(C)[Si](C)(C)Oc1ccccc1Cc1ccccc1C(O)C#N. The van der Waals surface area contributed by atoms with E-state index in [-0.39, 0.29) is 5.04 Å².